The van der Waals surface area contributed by atoms with E-state index in [1.807, 2.05) is 0 Å². The average Bonchev–Trinajstić information content (AvgIpc) is 2.49. The molecule has 2 rings (SSSR count). The maximum absolute atomic E-state index is 13.2. The largest absolute Gasteiger partial charge is 0.481 e. The number of nitrogens with zero attached hydrogens (tertiary/aromatic N) is 1. The summed E-state index contributed by atoms with van der Waals surface area (Å²) in [6.45, 7) is 0.590. The smallest absolute Gasteiger partial charge is 0.303 e. The highest BCUT2D eigenvalue weighted by Crippen LogP contribution is 2.22. The summed E-state index contributed by atoms with van der Waals surface area (Å²) in [6, 6.07) is 3.36. The molecule has 1 fully saturated rings. The van der Waals surface area contributed by atoms with Gasteiger partial charge in [0.15, 0.2) is 11.6 Å². The minimum Gasteiger partial charge on any atom is -0.481 e. The Morgan fingerprint density at radius 3 is 2.68 bits per heavy atom. The summed E-state index contributed by atoms with van der Waals surface area (Å²) in [4.78, 5) is 24.8. The van der Waals surface area contributed by atoms with Crippen molar-refractivity contribution in [3.63, 3.8) is 0 Å². The molecule has 4 nitrogen and oxygen atoms in total. The number of rotatable bonds is 5. The number of benzene rings is 1. The molecular formula is C16H19F2NO3. The van der Waals surface area contributed by atoms with E-state index in [1.165, 1.54) is 6.07 Å². The van der Waals surface area contributed by atoms with E-state index in [4.69, 9.17) is 5.11 Å². The van der Waals surface area contributed by atoms with Crippen molar-refractivity contribution in [1.29, 1.82) is 0 Å². The molecule has 1 N–H and O–H groups in total. The van der Waals surface area contributed by atoms with Gasteiger partial charge < -0.3 is 10.0 Å². The number of carboxylic acid groups (broad SMARTS) is 1. The number of hydrogen-bond acceptors (Lipinski definition) is 2. The zero-order valence-electron chi connectivity index (χ0n) is 12.2. The van der Waals surface area contributed by atoms with Gasteiger partial charge in [-0.1, -0.05) is 6.07 Å². The van der Waals surface area contributed by atoms with Crippen LogP contribution >= 0.6 is 0 Å². The van der Waals surface area contributed by atoms with Crippen LogP contribution in [0, 0.1) is 11.6 Å². The Bertz CT molecular complexity index is 562. The van der Waals surface area contributed by atoms with Crippen molar-refractivity contribution in [2.75, 3.05) is 6.54 Å². The van der Waals surface area contributed by atoms with Gasteiger partial charge in [-0.25, -0.2) is 8.78 Å². The van der Waals surface area contributed by atoms with Crippen LogP contribution in [0.5, 0.6) is 0 Å². The Kier molecular flexibility index (Phi) is 5.46. The molecule has 6 heteroatoms. The lowest BCUT2D eigenvalue weighted by Crippen LogP contribution is -2.44. The molecule has 22 heavy (non-hydrogen) atoms. The summed E-state index contributed by atoms with van der Waals surface area (Å²) < 4.78 is 26.1. The number of carboxylic acids is 1. The first kappa shape index (κ1) is 16.4. The van der Waals surface area contributed by atoms with Crippen molar-refractivity contribution in [3.05, 3.63) is 35.4 Å². The molecule has 1 aromatic rings. The molecule has 0 aromatic heterocycles. The van der Waals surface area contributed by atoms with Crippen LogP contribution in [-0.2, 0) is 16.0 Å². The fourth-order valence-corrected chi connectivity index (χ4v) is 2.84. The lowest BCUT2D eigenvalue weighted by molar-refractivity contribution is -0.139. The first-order valence-electron chi connectivity index (χ1n) is 7.42. The molecule has 1 aliphatic heterocycles. The second-order valence-electron chi connectivity index (χ2n) is 5.59. The lowest BCUT2D eigenvalue weighted by Gasteiger charge is -2.35. The highest BCUT2D eigenvalue weighted by atomic mass is 19.2. The Balaban J connectivity index is 2.01. The number of halogens is 2. The van der Waals surface area contributed by atoms with Crippen molar-refractivity contribution < 1.29 is 23.5 Å². The third kappa shape index (κ3) is 4.26. The number of piperidine rings is 1. The van der Waals surface area contributed by atoms with Gasteiger partial charge in [0.2, 0.25) is 5.91 Å². The molecule has 1 atom stereocenters. The number of carbonyl (C=O) groups is 2. The van der Waals surface area contributed by atoms with Crippen molar-refractivity contribution in [2.45, 2.75) is 44.6 Å². The van der Waals surface area contributed by atoms with E-state index in [9.17, 15) is 18.4 Å². The van der Waals surface area contributed by atoms with Crippen LogP contribution in [0.4, 0.5) is 8.78 Å². The summed E-state index contributed by atoms with van der Waals surface area (Å²) in [6.07, 6.45) is 3.10. The van der Waals surface area contributed by atoms with Gasteiger partial charge in [-0.2, -0.15) is 0 Å². The third-order valence-electron chi connectivity index (χ3n) is 3.98. The van der Waals surface area contributed by atoms with E-state index in [1.54, 1.807) is 4.90 Å². The predicted molar refractivity (Wildman–Crippen MR) is 76.3 cm³/mol. The predicted octanol–water partition coefficient (Wildman–Crippen LogP) is 2.75. The van der Waals surface area contributed by atoms with Gasteiger partial charge in [-0.3, -0.25) is 9.59 Å². The molecule has 1 aromatic carbocycles. The Labute approximate surface area is 127 Å². The number of aliphatic carboxylic acids is 1. The molecule has 1 saturated heterocycles. The monoisotopic (exact) mass is 311 g/mol. The van der Waals surface area contributed by atoms with Gasteiger partial charge in [0.05, 0.1) is 6.42 Å². The highest BCUT2D eigenvalue weighted by molar-refractivity contribution is 5.79. The fraction of sp³-hybridized carbons (Fsp3) is 0.500. The Morgan fingerprint density at radius 1 is 1.23 bits per heavy atom. The number of carbonyl (C=O) groups excluding carboxylic acids is 1. The molecule has 0 aliphatic carbocycles. The third-order valence-corrected chi connectivity index (χ3v) is 3.98. The van der Waals surface area contributed by atoms with Crippen LogP contribution in [0.25, 0.3) is 0 Å². The maximum Gasteiger partial charge on any atom is 0.303 e. The number of hydrogen-bond donors (Lipinski definition) is 1. The minimum absolute atomic E-state index is 0.000765. The van der Waals surface area contributed by atoms with Crippen LogP contribution in [0.15, 0.2) is 18.2 Å². The molecule has 1 aliphatic rings. The van der Waals surface area contributed by atoms with Gasteiger partial charge in [0.1, 0.15) is 0 Å². The van der Waals surface area contributed by atoms with E-state index in [0.717, 1.165) is 31.4 Å². The number of amides is 1. The van der Waals surface area contributed by atoms with Crippen LogP contribution in [0.2, 0.25) is 0 Å². The SMILES string of the molecule is O=C(O)CCC1CCCCN1C(=O)Cc1ccc(F)c(F)c1. The topological polar surface area (TPSA) is 57.6 Å². The first-order valence-corrected chi connectivity index (χ1v) is 7.42. The zero-order chi connectivity index (χ0) is 16.1. The molecule has 1 unspecified atom stereocenters. The average molecular weight is 311 g/mol. The van der Waals surface area contributed by atoms with E-state index in [2.05, 4.69) is 0 Å². The highest BCUT2D eigenvalue weighted by Gasteiger charge is 2.27. The summed E-state index contributed by atoms with van der Waals surface area (Å²) >= 11 is 0. The standard InChI is InChI=1S/C16H19F2NO3/c17-13-6-4-11(9-14(13)18)10-15(20)19-8-2-1-3-12(19)5-7-16(21)22/h4,6,9,12H,1-3,5,7-8,10H2,(H,21,22). The van der Waals surface area contributed by atoms with Gasteiger partial charge in [-0.15, -0.1) is 0 Å². The van der Waals surface area contributed by atoms with Gasteiger partial charge in [-0.05, 0) is 43.4 Å². The van der Waals surface area contributed by atoms with Crippen molar-refractivity contribution in [2.24, 2.45) is 0 Å². The van der Waals surface area contributed by atoms with E-state index < -0.39 is 17.6 Å². The Morgan fingerprint density at radius 2 is 2.00 bits per heavy atom. The molecule has 0 bridgehead atoms. The van der Waals surface area contributed by atoms with Crippen LogP contribution in [0.3, 0.4) is 0 Å². The first-order chi connectivity index (χ1) is 10.5. The second-order valence-corrected chi connectivity index (χ2v) is 5.59. The molecule has 1 amide bonds. The molecule has 0 radical (unpaired) electrons. The maximum atomic E-state index is 13.2. The van der Waals surface area contributed by atoms with E-state index >= 15 is 0 Å². The summed E-state index contributed by atoms with van der Waals surface area (Å²) in [5.41, 5.74) is 0.423. The summed E-state index contributed by atoms with van der Waals surface area (Å²) in [5, 5.41) is 8.78. The lowest BCUT2D eigenvalue weighted by atomic mass is 9.97. The van der Waals surface area contributed by atoms with E-state index in [0.29, 0.717) is 18.5 Å². The second kappa shape index (κ2) is 7.33. The quantitative estimate of drug-likeness (QED) is 0.909. The number of likely N-dealkylation sites (tertiary alicyclic amines) is 1. The minimum atomic E-state index is -0.966. The molecule has 1 heterocycles. The normalized spacial score (nSPS) is 18.3. The zero-order valence-corrected chi connectivity index (χ0v) is 12.2. The molecule has 0 saturated carbocycles. The van der Waals surface area contributed by atoms with Crippen molar-refractivity contribution in [1.82, 2.24) is 4.90 Å². The van der Waals surface area contributed by atoms with Crippen LogP contribution in [0.1, 0.15) is 37.7 Å². The fourth-order valence-electron chi connectivity index (χ4n) is 2.84. The van der Waals surface area contributed by atoms with E-state index in [-0.39, 0.29) is 24.8 Å². The van der Waals surface area contributed by atoms with Gasteiger partial charge in [0, 0.05) is 19.0 Å². The van der Waals surface area contributed by atoms with Crippen molar-refractivity contribution >= 4 is 11.9 Å². The van der Waals surface area contributed by atoms with Crippen LogP contribution in [-0.4, -0.2) is 34.5 Å². The molecule has 120 valence electrons. The van der Waals surface area contributed by atoms with Gasteiger partial charge in [0.25, 0.3) is 0 Å². The Hall–Kier alpha value is -1.98. The van der Waals surface area contributed by atoms with Gasteiger partial charge >= 0.3 is 5.97 Å². The molecule has 0 spiro atoms. The molecular weight excluding hydrogens is 292 g/mol. The summed E-state index contributed by atoms with van der Waals surface area (Å²) in [7, 11) is 0. The summed E-state index contributed by atoms with van der Waals surface area (Å²) in [5.74, 6) is -2.94. The van der Waals surface area contributed by atoms with Crippen LogP contribution < -0.4 is 0 Å². The van der Waals surface area contributed by atoms with Crippen molar-refractivity contribution in [3.8, 4) is 0 Å².